The molecule has 4 aromatic rings. The zero-order valence-electron chi connectivity index (χ0n) is 16.6. The normalized spacial score (nSPS) is 11.0. The summed E-state index contributed by atoms with van der Waals surface area (Å²) in [6, 6.07) is 11.5. The number of aromatic nitrogens is 2. The number of rotatable bonds is 4. The third kappa shape index (κ3) is 3.43. The minimum absolute atomic E-state index is 0.00454. The molecule has 0 unspecified atom stereocenters. The molecule has 30 heavy (non-hydrogen) atoms. The third-order valence-electron chi connectivity index (χ3n) is 5.29. The van der Waals surface area contributed by atoms with Crippen LogP contribution in [-0.4, -0.2) is 25.5 Å². The van der Waals surface area contributed by atoms with Gasteiger partial charge in [0.2, 0.25) is 5.43 Å². The second-order valence-corrected chi connectivity index (χ2v) is 7.34. The van der Waals surface area contributed by atoms with E-state index in [1.54, 1.807) is 29.1 Å². The summed E-state index contributed by atoms with van der Waals surface area (Å²) in [4.78, 5) is 30.3. The van der Waals surface area contributed by atoms with Gasteiger partial charge < -0.3 is 14.8 Å². The second kappa shape index (κ2) is 7.48. The first-order valence-corrected chi connectivity index (χ1v) is 9.45. The van der Waals surface area contributed by atoms with Crippen molar-refractivity contribution in [2.75, 3.05) is 0 Å². The molecule has 0 bridgehead atoms. The highest BCUT2D eigenvalue weighted by molar-refractivity contribution is 6.10. The van der Waals surface area contributed by atoms with Crippen molar-refractivity contribution in [2.24, 2.45) is 0 Å². The molecule has 0 aliphatic rings. The number of hydrogen-bond acceptors (Lipinski definition) is 5. The van der Waals surface area contributed by atoms with Gasteiger partial charge in [-0.05, 0) is 54.8 Å². The number of hydrogen-bond donors (Lipinski definition) is 2. The number of nitrogens with zero attached hydrogens (tertiary/aromatic N) is 2. The van der Waals surface area contributed by atoms with Crippen LogP contribution in [0.3, 0.4) is 0 Å². The minimum Gasteiger partial charge on any atom is -0.504 e. The molecule has 2 N–H and O–H groups in total. The standard InChI is InChI=1S/C24H20N2O4/c1-14-3-4-17(9-15(14)2)23(29)19-13-26(12-16-5-7-25-8-6-16)20-11-22(28)21(27)10-18(20)24(19)30/h3-11,13,27-28H,12H2,1-2H3. The topological polar surface area (TPSA) is 92.4 Å². The molecule has 0 spiro atoms. The third-order valence-corrected chi connectivity index (χ3v) is 5.29. The van der Waals surface area contributed by atoms with Gasteiger partial charge in [-0.1, -0.05) is 12.1 Å². The SMILES string of the molecule is Cc1ccc(C(=O)c2cn(Cc3ccncc3)c3cc(O)c(O)cc3c2=O)cc1C. The van der Waals surface area contributed by atoms with E-state index in [0.29, 0.717) is 17.6 Å². The molecule has 0 aliphatic heterocycles. The van der Waals surface area contributed by atoms with E-state index in [1.165, 1.54) is 18.3 Å². The predicted octanol–water partition coefficient (Wildman–Crippen LogP) is 3.70. The first kappa shape index (κ1) is 19.4. The van der Waals surface area contributed by atoms with Gasteiger partial charge in [-0.2, -0.15) is 0 Å². The van der Waals surface area contributed by atoms with E-state index < -0.39 is 11.2 Å². The molecule has 6 heteroatoms. The van der Waals surface area contributed by atoms with Crippen LogP contribution in [0.4, 0.5) is 0 Å². The fraction of sp³-hybridized carbons (Fsp3) is 0.125. The number of fused-ring (bicyclic) bond motifs is 1. The van der Waals surface area contributed by atoms with Gasteiger partial charge in [0.1, 0.15) is 0 Å². The van der Waals surface area contributed by atoms with Crippen LogP contribution in [-0.2, 0) is 6.54 Å². The monoisotopic (exact) mass is 400 g/mol. The van der Waals surface area contributed by atoms with Crippen molar-refractivity contribution in [3.63, 3.8) is 0 Å². The number of phenols is 2. The molecular formula is C24H20N2O4. The largest absolute Gasteiger partial charge is 0.504 e. The quantitative estimate of drug-likeness (QED) is 0.402. The van der Waals surface area contributed by atoms with Crippen molar-refractivity contribution in [3.05, 3.63) is 99.1 Å². The van der Waals surface area contributed by atoms with E-state index in [0.717, 1.165) is 16.7 Å². The van der Waals surface area contributed by atoms with Crippen LogP contribution in [0.2, 0.25) is 0 Å². The maximum absolute atomic E-state index is 13.2. The number of carbonyl (C=O) groups is 1. The van der Waals surface area contributed by atoms with Gasteiger partial charge in [0.15, 0.2) is 17.3 Å². The van der Waals surface area contributed by atoms with Crippen LogP contribution >= 0.6 is 0 Å². The van der Waals surface area contributed by atoms with Crippen LogP contribution in [0.15, 0.2) is 65.8 Å². The summed E-state index contributed by atoms with van der Waals surface area (Å²) in [6.45, 7) is 4.22. The molecule has 0 aliphatic carbocycles. The Labute approximate surface area is 172 Å². The van der Waals surface area contributed by atoms with Gasteiger partial charge in [-0.15, -0.1) is 0 Å². The van der Waals surface area contributed by atoms with Crippen LogP contribution in [0.25, 0.3) is 10.9 Å². The van der Waals surface area contributed by atoms with Gasteiger partial charge in [-0.25, -0.2) is 0 Å². The van der Waals surface area contributed by atoms with Crippen molar-refractivity contribution in [3.8, 4) is 11.5 Å². The van der Waals surface area contributed by atoms with Gasteiger partial charge >= 0.3 is 0 Å². The summed E-state index contributed by atoms with van der Waals surface area (Å²) in [5.41, 5.74) is 3.28. The molecule has 6 nitrogen and oxygen atoms in total. The zero-order chi connectivity index (χ0) is 21.4. The highest BCUT2D eigenvalue weighted by atomic mass is 16.3. The fourth-order valence-electron chi connectivity index (χ4n) is 3.43. The van der Waals surface area contributed by atoms with E-state index >= 15 is 0 Å². The average Bonchev–Trinajstić information content (AvgIpc) is 2.74. The smallest absolute Gasteiger partial charge is 0.200 e. The Kier molecular flexibility index (Phi) is 4.83. The lowest BCUT2D eigenvalue weighted by atomic mass is 9.98. The minimum atomic E-state index is -0.491. The Morgan fingerprint density at radius 3 is 2.37 bits per heavy atom. The van der Waals surface area contributed by atoms with E-state index in [9.17, 15) is 19.8 Å². The summed E-state index contributed by atoms with van der Waals surface area (Å²) in [6.07, 6.45) is 4.83. The lowest BCUT2D eigenvalue weighted by molar-refractivity contribution is 0.103. The van der Waals surface area contributed by atoms with E-state index in [2.05, 4.69) is 4.98 Å². The summed E-state index contributed by atoms with van der Waals surface area (Å²) < 4.78 is 1.72. The number of aromatic hydroxyl groups is 2. The number of phenolic OH excluding ortho intramolecular Hbond substituents is 2. The molecule has 0 radical (unpaired) electrons. The molecule has 0 atom stereocenters. The van der Waals surface area contributed by atoms with Crippen LogP contribution in [0, 0.1) is 13.8 Å². The van der Waals surface area contributed by atoms with Crippen molar-refractivity contribution < 1.29 is 15.0 Å². The Morgan fingerprint density at radius 2 is 1.67 bits per heavy atom. The van der Waals surface area contributed by atoms with E-state index in [-0.39, 0.29) is 22.5 Å². The average molecular weight is 400 g/mol. The van der Waals surface area contributed by atoms with Crippen molar-refractivity contribution in [1.29, 1.82) is 0 Å². The Morgan fingerprint density at radius 1 is 0.967 bits per heavy atom. The Hall–Kier alpha value is -3.93. The van der Waals surface area contributed by atoms with Crippen molar-refractivity contribution in [2.45, 2.75) is 20.4 Å². The maximum Gasteiger partial charge on any atom is 0.200 e. The Balaban J connectivity index is 1.94. The molecule has 4 rings (SSSR count). The van der Waals surface area contributed by atoms with E-state index in [4.69, 9.17) is 0 Å². The maximum atomic E-state index is 13.2. The molecular weight excluding hydrogens is 380 g/mol. The number of pyridine rings is 2. The summed E-state index contributed by atoms with van der Waals surface area (Å²) in [5, 5.41) is 20.1. The molecule has 0 saturated heterocycles. The first-order chi connectivity index (χ1) is 14.3. The Bertz CT molecular complexity index is 1340. The zero-order valence-corrected chi connectivity index (χ0v) is 16.6. The van der Waals surface area contributed by atoms with Gasteiger partial charge in [0.25, 0.3) is 0 Å². The molecule has 150 valence electrons. The molecule has 0 amide bonds. The summed E-state index contributed by atoms with van der Waals surface area (Å²) >= 11 is 0. The molecule has 2 aromatic carbocycles. The van der Waals surface area contributed by atoms with Crippen molar-refractivity contribution in [1.82, 2.24) is 9.55 Å². The van der Waals surface area contributed by atoms with Gasteiger partial charge in [0, 0.05) is 36.8 Å². The summed E-state index contributed by atoms with van der Waals surface area (Å²) in [7, 11) is 0. The molecule has 2 heterocycles. The second-order valence-electron chi connectivity index (χ2n) is 7.34. The predicted molar refractivity (Wildman–Crippen MR) is 114 cm³/mol. The molecule has 0 saturated carbocycles. The number of aryl methyl sites for hydroxylation is 2. The number of benzene rings is 2. The van der Waals surface area contributed by atoms with Crippen LogP contribution in [0.5, 0.6) is 11.5 Å². The van der Waals surface area contributed by atoms with Gasteiger partial charge in [-0.3, -0.25) is 14.6 Å². The van der Waals surface area contributed by atoms with Gasteiger partial charge in [0.05, 0.1) is 16.5 Å². The highest BCUT2D eigenvalue weighted by Crippen LogP contribution is 2.29. The van der Waals surface area contributed by atoms with E-state index in [1.807, 2.05) is 32.0 Å². The molecule has 2 aromatic heterocycles. The van der Waals surface area contributed by atoms with Crippen molar-refractivity contribution >= 4 is 16.7 Å². The van der Waals surface area contributed by atoms with Crippen LogP contribution < -0.4 is 5.43 Å². The summed E-state index contributed by atoms with van der Waals surface area (Å²) in [5.74, 6) is -1.13. The first-order valence-electron chi connectivity index (χ1n) is 9.45. The fourth-order valence-corrected chi connectivity index (χ4v) is 3.43. The van der Waals surface area contributed by atoms with Crippen LogP contribution in [0.1, 0.15) is 32.6 Å². The number of ketones is 1. The lowest BCUT2D eigenvalue weighted by Crippen LogP contribution is -2.20. The molecule has 0 fully saturated rings. The number of carbonyl (C=O) groups excluding carboxylic acids is 1. The highest BCUT2D eigenvalue weighted by Gasteiger charge is 2.19. The lowest BCUT2D eigenvalue weighted by Gasteiger charge is -2.14.